The van der Waals surface area contributed by atoms with E-state index in [0.717, 1.165) is 19.3 Å². The smallest absolute Gasteiger partial charge is 0.243 e. The van der Waals surface area contributed by atoms with Crippen molar-refractivity contribution in [1.29, 1.82) is 0 Å². The van der Waals surface area contributed by atoms with E-state index in [1.807, 2.05) is 19.1 Å². The number of rotatable bonds is 2. The third-order valence-electron chi connectivity index (χ3n) is 4.34. The zero-order valence-corrected chi connectivity index (χ0v) is 13.2. The SMILES string of the molecule is CC1CN(S(=O)(=O)c2ccc3c(c2)CCC3)CC1N.Cl. The van der Waals surface area contributed by atoms with Crippen molar-refractivity contribution in [2.45, 2.75) is 37.1 Å². The average Bonchev–Trinajstić information content (AvgIpc) is 2.96. The van der Waals surface area contributed by atoms with Gasteiger partial charge in [0.15, 0.2) is 0 Å². The molecule has 0 bridgehead atoms. The Morgan fingerprint density at radius 2 is 1.90 bits per heavy atom. The minimum Gasteiger partial charge on any atom is -0.326 e. The molecule has 3 rings (SSSR count). The van der Waals surface area contributed by atoms with Crippen LogP contribution in [0.5, 0.6) is 0 Å². The predicted molar refractivity (Wildman–Crippen MR) is 81.6 cm³/mol. The van der Waals surface area contributed by atoms with E-state index in [2.05, 4.69) is 0 Å². The van der Waals surface area contributed by atoms with Gasteiger partial charge in [0.1, 0.15) is 0 Å². The van der Waals surface area contributed by atoms with Gasteiger partial charge in [0.2, 0.25) is 10.0 Å². The van der Waals surface area contributed by atoms with Gasteiger partial charge in [-0.15, -0.1) is 12.4 Å². The number of aryl methyl sites for hydroxylation is 2. The summed E-state index contributed by atoms with van der Waals surface area (Å²) in [5, 5.41) is 0. The number of halogens is 1. The van der Waals surface area contributed by atoms with E-state index in [4.69, 9.17) is 5.73 Å². The van der Waals surface area contributed by atoms with Crippen LogP contribution in [0.15, 0.2) is 23.1 Å². The molecule has 1 saturated heterocycles. The van der Waals surface area contributed by atoms with Crippen LogP contribution >= 0.6 is 12.4 Å². The van der Waals surface area contributed by atoms with Crippen LogP contribution in [-0.4, -0.2) is 31.9 Å². The zero-order valence-electron chi connectivity index (χ0n) is 11.6. The average molecular weight is 317 g/mol. The van der Waals surface area contributed by atoms with Gasteiger partial charge in [-0.25, -0.2) is 8.42 Å². The van der Waals surface area contributed by atoms with Crippen LogP contribution in [0.2, 0.25) is 0 Å². The molecular weight excluding hydrogens is 296 g/mol. The molecule has 1 aliphatic heterocycles. The van der Waals surface area contributed by atoms with Crippen LogP contribution in [0.3, 0.4) is 0 Å². The molecule has 1 fully saturated rings. The molecule has 2 unspecified atom stereocenters. The van der Waals surface area contributed by atoms with Crippen LogP contribution < -0.4 is 5.73 Å². The molecule has 0 aromatic heterocycles. The van der Waals surface area contributed by atoms with Gasteiger partial charge in [-0.2, -0.15) is 4.31 Å². The van der Waals surface area contributed by atoms with Crippen LogP contribution in [0, 0.1) is 5.92 Å². The Bertz CT molecular complexity index is 593. The highest BCUT2D eigenvalue weighted by molar-refractivity contribution is 7.89. The Labute approximate surface area is 126 Å². The molecule has 1 aliphatic carbocycles. The van der Waals surface area contributed by atoms with E-state index in [1.165, 1.54) is 15.4 Å². The summed E-state index contributed by atoms with van der Waals surface area (Å²) in [5.74, 6) is 0.226. The third kappa shape index (κ3) is 2.60. The van der Waals surface area contributed by atoms with E-state index in [9.17, 15) is 8.42 Å². The Kier molecular flexibility index (Phi) is 4.44. The lowest BCUT2D eigenvalue weighted by Crippen LogP contribution is -2.32. The first-order chi connectivity index (χ1) is 8.98. The van der Waals surface area contributed by atoms with Crippen LogP contribution in [0.4, 0.5) is 0 Å². The van der Waals surface area contributed by atoms with E-state index in [-0.39, 0.29) is 24.4 Å². The third-order valence-corrected chi connectivity index (χ3v) is 6.17. The number of nitrogens with zero attached hydrogens (tertiary/aromatic N) is 1. The fourth-order valence-corrected chi connectivity index (χ4v) is 4.63. The lowest BCUT2D eigenvalue weighted by Gasteiger charge is -2.16. The van der Waals surface area contributed by atoms with Crippen LogP contribution in [-0.2, 0) is 22.9 Å². The predicted octanol–water partition coefficient (Wildman–Crippen LogP) is 1.56. The van der Waals surface area contributed by atoms with Crippen molar-refractivity contribution in [1.82, 2.24) is 4.31 Å². The number of fused-ring (bicyclic) bond motifs is 1. The molecule has 0 radical (unpaired) electrons. The first-order valence-corrected chi connectivity index (χ1v) is 8.30. The Hall–Kier alpha value is -0.620. The molecule has 6 heteroatoms. The molecule has 2 aliphatic rings. The van der Waals surface area contributed by atoms with Crippen molar-refractivity contribution in [3.05, 3.63) is 29.3 Å². The van der Waals surface area contributed by atoms with Gasteiger partial charge in [0.05, 0.1) is 4.90 Å². The number of benzene rings is 1. The largest absolute Gasteiger partial charge is 0.326 e. The van der Waals surface area contributed by atoms with E-state index in [1.54, 1.807) is 6.07 Å². The van der Waals surface area contributed by atoms with E-state index >= 15 is 0 Å². The van der Waals surface area contributed by atoms with Crippen molar-refractivity contribution < 1.29 is 8.42 Å². The molecule has 0 spiro atoms. The van der Waals surface area contributed by atoms with Crippen molar-refractivity contribution in [2.75, 3.05) is 13.1 Å². The van der Waals surface area contributed by atoms with Crippen LogP contribution in [0.1, 0.15) is 24.5 Å². The molecule has 2 atom stereocenters. The summed E-state index contributed by atoms with van der Waals surface area (Å²) in [5.41, 5.74) is 8.42. The molecule has 1 aromatic carbocycles. The van der Waals surface area contributed by atoms with Crippen LogP contribution in [0.25, 0.3) is 0 Å². The summed E-state index contributed by atoms with van der Waals surface area (Å²) in [4.78, 5) is 0.425. The summed E-state index contributed by atoms with van der Waals surface area (Å²) in [6.45, 7) is 2.96. The summed E-state index contributed by atoms with van der Waals surface area (Å²) < 4.78 is 26.7. The van der Waals surface area contributed by atoms with Gasteiger partial charge in [0, 0.05) is 19.1 Å². The van der Waals surface area contributed by atoms with Gasteiger partial charge in [-0.05, 0) is 48.4 Å². The number of sulfonamides is 1. The number of hydrogen-bond acceptors (Lipinski definition) is 3. The van der Waals surface area contributed by atoms with Crippen molar-refractivity contribution in [2.24, 2.45) is 11.7 Å². The highest BCUT2D eigenvalue weighted by Crippen LogP contribution is 2.28. The molecule has 112 valence electrons. The molecule has 1 heterocycles. The maximum absolute atomic E-state index is 12.6. The van der Waals surface area contributed by atoms with E-state index < -0.39 is 10.0 Å². The molecule has 4 nitrogen and oxygen atoms in total. The summed E-state index contributed by atoms with van der Waals surface area (Å²) in [7, 11) is -3.37. The zero-order chi connectivity index (χ0) is 13.6. The monoisotopic (exact) mass is 316 g/mol. The standard InChI is InChI=1S/C14H20N2O2S.ClH/c1-10-8-16(9-14(10)15)19(17,18)13-6-5-11-3-2-4-12(11)7-13;/h5-7,10,14H,2-4,8-9,15H2,1H3;1H. The molecule has 20 heavy (non-hydrogen) atoms. The van der Waals surface area contributed by atoms with Gasteiger partial charge in [0.25, 0.3) is 0 Å². The molecule has 2 N–H and O–H groups in total. The summed E-state index contributed by atoms with van der Waals surface area (Å²) in [6.07, 6.45) is 3.19. The fraction of sp³-hybridized carbons (Fsp3) is 0.571. The second-order valence-electron chi connectivity index (χ2n) is 5.75. The van der Waals surface area contributed by atoms with Crippen molar-refractivity contribution in [3.8, 4) is 0 Å². The van der Waals surface area contributed by atoms with Gasteiger partial charge in [-0.1, -0.05) is 13.0 Å². The minimum absolute atomic E-state index is 0. The Balaban J connectivity index is 0.00000147. The maximum Gasteiger partial charge on any atom is 0.243 e. The lowest BCUT2D eigenvalue weighted by molar-refractivity contribution is 0.464. The quantitative estimate of drug-likeness (QED) is 0.900. The van der Waals surface area contributed by atoms with Crippen molar-refractivity contribution in [3.63, 3.8) is 0 Å². The second kappa shape index (κ2) is 5.64. The van der Waals surface area contributed by atoms with Gasteiger partial charge < -0.3 is 5.73 Å². The normalized spacial score (nSPS) is 26.3. The Morgan fingerprint density at radius 3 is 2.55 bits per heavy atom. The highest BCUT2D eigenvalue weighted by atomic mass is 35.5. The summed E-state index contributed by atoms with van der Waals surface area (Å²) >= 11 is 0. The van der Waals surface area contributed by atoms with Gasteiger partial charge >= 0.3 is 0 Å². The molecule has 0 amide bonds. The van der Waals surface area contributed by atoms with Gasteiger partial charge in [-0.3, -0.25) is 0 Å². The molecular formula is C14H21ClN2O2S. The van der Waals surface area contributed by atoms with E-state index in [0.29, 0.717) is 18.0 Å². The molecule has 0 saturated carbocycles. The Morgan fingerprint density at radius 1 is 1.20 bits per heavy atom. The lowest BCUT2D eigenvalue weighted by atomic mass is 10.1. The maximum atomic E-state index is 12.6. The number of nitrogens with two attached hydrogens (primary N) is 1. The minimum atomic E-state index is -3.37. The second-order valence-corrected chi connectivity index (χ2v) is 7.69. The first kappa shape index (κ1) is 15.8. The first-order valence-electron chi connectivity index (χ1n) is 6.86. The number of hydrogen-bond donors (Lipinski definition) is 1. The highest BCUT2D eigenvalue weighted by Gasteiger charge is 2.35. The fourth-order valence-electron chi connectivity index (χ4n) is 3.00. The van der Waals surface area contributed by atoms with Crippen molar-refractivity contribution >= 4 is 22.4 Å². The topological polar surface area (TPSA) is 63.4 Å². The summed E-state index contributed by atoms with van der Waals surface area (Å²) in [6, 6.07) is 5.51. The molecule has 1 aromatic rings.